The predicted octanol–water partition coefficient (Wildman–Crippen LogP) is 2.63. The molecule has 0 aliphatic carbocycles. The number of carboxylic acids is 1. The van der Waals surface area contributed by atoms with Crippen LogP contribution in [-0.4, -0.2) is 23.1 Å². The molecule has 0 spiro atoms. The average Bonchev–Trinajstić information content (AvgIpc) is 2.33. The Bertz CT molecular complexity index is 467. The number of carboxylic acid groups (broad SMARTS) is 1. The van der Waals surface area contributed by atoms with E-state index in [9.17, 15) is 9.59 Å². The maximum atomic E-state index is 11.1. The molecule has 110 valence electrons. The molecular weight excluding hydrogens is 260 g/mol. The third-order valence-corrected chi connectivity index (χ3v) is 2.57. The van der Waals surface area contributed by atoms with Gasteiger partial charge in [0.05, 0.1) is 6.61 Å². The lowest BCUT2D eigenvalue weighted by Crippen LogP contribution is -2.25. The van der Waals surface area contributed by atoms with E-state index in [0.29, 0.717) is 12.2 Å². The summed E-state index contributed by atoms with van der Waals surface area (Å²) < 4.78 is 10.4. The van der Waals surface area contributed by atoms with Crippen LogP contribution in [0.25, 0.3) is 0 Å². The molecule has 1 aromatic rings. The number of ether oxygens (including phenoxy) is 2. The largest absolute Gasteiger partial charge is 0.479 e. The first-order chi connectivity index (χ1) is 9.38. The number of rotatable bonds is 7. The van der Waals surface area contributed by atoms with E-state index in [-0.39, 0.29) is 12.5 Å². The Morgan fingerprint density at radius 2 is 2.00 bits per heavy atom. The number of esters is 1. The van der Waals surface area contributed by atoms with Crippen molar-refractivity contribution in [2.24, 2.45) is 5.92 Å². The summed E-state index contributed by atoms with van der Waals surface area (Å²) in [6.07, 6.45) is -0.369. The van der Waals surface area contributed by atoms with Crippen molar-refractivity contribution in [1.29, 1.82) is 0 Å². The molecule has 20 heavy (non-hydrogen) atoms. The van der Waals surface area contributed by atoms with Crippen molar-refractivity contribution < 1.29 is 24.2 Å². The lowest BCUT2D eigenvalue weighted by atomic mass is 10.1. The summed E-state index contributed by atoms with van der Waals surface area (Å²) in [4.78, 5) is 21.9. The minimum Gasteiger partial charge on any atom is -0.479 e. The quantitative estimate of drug-likeness (QED) is 0.614. The van der Waals surface area contributed by atoms with Gasteiger partial charge in [-0.15, -0.1) is 0 Å². The summed E-state index contributed by atoms with van der Waals surface area (Å²) in [7, 11) is 0. The molecule has 0 amide bonds. The van der Waals surface area contributed by atoms with Crippen molar-refractivity contribution in [3.8, 4) is 5.75 Å². The number of carbonyl (C=O) groups excluding carboxylic acids is 1. The summed E-state index contributed by atoms with van der Waals surface area (Å²) in [5.74, 6) is -0.695. The lowest BCUT2D eigenvalue weighted by Gasteiger charge is -2.15. The molecule has 0 radical (unpaired) electrons. The van der Waals surface area contributed by atoms with Crippen LogP contribution < -0.4 is 4.74 Å². The number of hydrogen-bond acceptors (Lipinski definition) is 4. The van der Waals surface area contributed by atoms with Gasteiger partial charge in [0.15, 0.2) is 6.10 Å². The average molecular weight is 280 g/mol. The van der Waals surface area contributed by atoms with Gasteiger partial charge in [-0.3, -0.25) is 4.79 Å². The SMILES string of the molecule is CC(=O)Oc1cccc(CO[C@@H](CC(C)C)C(=O)O)c1. The molecule has 0 unspecified atom stereocenters. The molecule has 1 N–H and O–H groups in total. The van der Waals surface area contributed by atoms with E-state index in [1.807, 2.05) is 13.8 Å². The molecule has 1 rings (SSSR count). The van der Waals surface area contributed by atoms with Gasteiger partial charge in [-0.1, -0.05) is 26.0 Å². The Hall–Kier alpha value is -1.88. The standard InChI is InChI=1S/C15H20O5/c1-10(2)7-14(15(17)18)19-9-12-5-4-6-13(8-12)20-11(3)16/h4-6,8,10,14H,7,9H2,1-3H3,(H,17,18)/t14-/m0/s1. The molecule has 1 aromatic carbocycles. The monoisotopic (exact) mass is 280 g/mol. The number of benzene rings is 1. The van der Waals surface area contributed by atoms with Gasteiger partial charge in [0.25, 0.3) is 0 Å². The van der Waals surface area contributed by atoms with Crippen molar-refractivity contribution in [3.63, 3.8) is 0 Å². The van der Waals surface area contributed by atoms with Gasteiger partial charge in [-0.25, -0.2) is 4.79 Å². The molecule has 0 aliphatic rings. The minimum absolute atomic E-state index is 0.165. The van der Waals surface area contributed by atoms with Crippen LogP contribution in [0, 0.1) is 5.92 Å². The second-order valence-electron chi connectivity index (χ2n) is 5.01. The Morgan fingerprint density at radius 1 is 1.30 bits per heavy atom. The molecule has 0 heterocycles. The van der Waals surface area contributed by atoms with E-state index >= 15 is 0 Å². The highest BCUT2D eigenvalue weighted by molar-refractivity contribution is 5.72. The zero-order valence-electron chi connectivity index (χ0n) is 12.0. The molecular formula is C15H20O5. The smallest absolute Gasteiger partial charge is 0.332 e. The van der Waals surface area contributed by atoms with E-state index in [2.05, 4.69) is 0 Å². The highest BCUT2D eigenvalue weighted by Crippen LogP contribution is 2.16. The Morgan fingerprint density at radius 3 is 2.55 bits per heavy atom. The van der Waals surface area contributed by atoms with Crippen LogP contribution in [-0.2, 0) is 20.9 Å². The number of aliphatic carboxylic acids is 1. The summed E-state index contributed by atoms with van der Waals surface area (Å²) in [5.41, 5.74) is 0.763. The van der Waals surface area contributed by atoms with Gasteiger partial charge in [0.2, 0.25) is 0 Å². The highest BCUT2D eigenvalue weighted by Gasteiger charge is 2.19. The van der Waals surface area contributed by atoms with Crippen LogP contribution >= 0.6 is 0 Å². The van der Waals surface area contributed by atoms with Crippen LogP contribution in [0.5, 0.6) is 5.75 Å². The maximum Gasteiger partial charge on any atom is 0.332 e. The molecule has 0 fully saturated rings. The van der Waals surface area contributed by atoms with Gasteiger partial charge in [0.1, 0.15) is 5.75 Å². The predicted molar refractivity (Wildman–Crippen MR) is 73.4 cm³/mol. The fourth-order valence-electron chi connectivity index (χ4n) is 1.73. The molecule has 0 bridgehead atoms. The topological polar surface area (TPSA) is 72.8 Å². The van der Waals surface area contributed by atoms with Gasteiger partial charge in [-0.05, 0) is 30.0 Å². The summed E-state index contributed by atoms with van der Waals surface area (Å²) >= 11 is 0. The Labute approximate surface area is 118 Å². The normalized spacial score (nSPS) is 12.2. The molecule has 5 heteroatoms. The van der Waals surface area contributed by atoms with E-state index in [0.717, 1.165) is 5.56 Å². The molecule has 0 saturated carbocycles. The Balaban J connectivity index is 2.63. The summed E-state index contributed by atoms with van der Waals surface area (Å²) in [5, 5.41) is 9.08. The summed E-state index contributed by atoms with van der Waals surface area (Å²) in [6.45, 7) is 5.38. The number of carbonyl (C=O) groups is 2. The van der Waals surface area contributed by atoms with Gasteiger partial charge >= 0.3 is 11.9 Å². The van der Waals surface area contributed by atoms with Crippen LogP contribution in [0.3, 0.4) is 0 Å². The molecule has 5 nitrogen and oxygen atoms in total. The fraction of sp³-hybridized carbons (Fsp3) is 0.467. The van der Waals surface area contributed by atoms with Crippen molar-refractivity contribution in [2.75, 3.05) is 0 Å². The maximum absolute atomic E-state index is 11.1. The van der Waals surface area contributed by atoms with Gasteiger partial charge in [-0.2, -0.15) is 0 Å². The third kappa shape index (κ3) is 5.84. The van der Waals surface area contributed by atoms with E-state index in [4.69, 9.17) is 14.6 Å². The first-order valence-electron chi connectivity index (χ1n) is 6.50. The highest BCUT2D eigenvalue weighted by atomic mass is 16.5. The molecule has 1 atom stereocenters. The molecule has 0 aliphatic heterocycles. The second-order valence-corrected chi connectivity index (χ2v) is 5.01. The van der Waals surface area contributed by atoms with Crippen LogP contribution in [0.4, 0.5) is 0 Å². The van der Waals surface area contributed by atoms with Gasteiger partial charge < -0.3 is 14.6 Å². The summed E-state index contributed by atoms with van der Waals surface area (Å²) in [6, 6.07) is 6.85. The van der Waals surface area contributed by atoms with E-state index in [1.54, 1.807) is 24.3 Å². The number of hydrogen-bond donors (Lipinski definition) is 1. The minimum atomic E-state index is -0.963. The Kier molecular flexibility index (Phi) is 6.18. The first-order valence-corrected chi connectivity index (χ1v) is 6.50. The zero-order chi connectivity index (χ0) is 15.1. The van der Waals surface area contributed by atoms with Crippen LogP contribution in [0.2, 0.25) is 0 Å². The lowest BCUT2D eigenvalue weighted by molar-refractivity contribution is -0.152. The van der Waals surface area contributed by atoms with E-state index in [1.165, 1.54) is 6.92 Å². The van der Waals surface area contributed by atoms with E-state index < -0.39 is 18.0 Å². The third-order valence-electron chi connectivity index (χ3n) is 2.57. The van der Waals surface area contributed by atoms with Crippen molar-refractivity contribution in [3.05, 3.63) is 29.8 Å². The van der Waals surface area contributed by atoms with Crippen molar-refractivity contribution in [1.82, 2.24) is 0 Å². The molecule has 0 saturated heterocycles. The van der Waals surface area contributed by atoms with Crippen LogP contribution in [0.15, 0.2) is 24.3 Å². The molecule has 0 aromatic heterocycles. The second kappa shape index (κ2) is 7.65. The van der Waals surface area contributed by atoms with Gasteiger partial charge in [0, 0.05) is 6.92 Å². The fourth-order valence-corrected chi connectivity index (χ4v) is 1.73. The van der Waals surface area contributed by atoms with Crippen molar-refractivity contribution in [2.45, 2.75) is 39.9 Å². The first kappa shape index (κ1) is 16.2. The zero-order valence-corrected chi connectivity index (χ0v) is 12.0. The van der Waals surface area contributed by atoms with Crippen LogP contribution in [0.1, 0.15) is 32.8 Å². The van der Waals surface area contributed by atoms with Crippen molar-refractivity contribution >= 4 is 11.9 Å².